The molecule has 102 valence electrons. The highest BCUT2D eigenvalue weighted by molar-refractivity contribution is 5.86. The van der Waals surface area contributed by atoms with Crippen molar-refractivity contribution in [3.8, 4) is 0 Å². The molecule has 2 N–H and O–H groups in total. The smallest absolute Gasteiger partial charge is 0.305 e. The molecule has 0 bridgehead atoms. The van der Waals surface area contributed by atoms with Crippen molar-refractivity contribution in [2.24, 2.45) is 13.0 Å². The van der Waals surface area contributed by atoms with Crippen LogP contribution >= 0.6 is 0 Å². The first-order valence-electron chi connectivity index (χ1n) is 6.23. The Morgan fingerprint density at radius 3 is 2.84 bits per heavy atom. The Morgan fingerprint density at radius 1 is 1.47 bits per heavy atom. The molecule has 2 heterocycles. The molecule has 0 aliphatic rings. The van der Waals surface area contributed by atoms with Crippen LogP contribution in [0.3, 0.4) is 0 Å². The second-order valence-electron chi connectivity index (χ2n) is 4.98. The van der Waals surface area contributed by atoms with Gasteiger partial charge >= 0.3 is 5.97 Å². The lowest BCUT2D eigenvalue weighted by Gasteiger charge is -2.21. The number of hydrogen-bond acceptors (Lipinski definition) is 4. The molecule has 19 heavy (non-hydrogen) atoms. The molecule has 2 aromatic heterocycles. The highest BCUT2D eigenvalue weighted by Crippen LogP contribution is 2.21. The molecule has 6 nitrogen and oxygen atoms in total. The van der Waals surface area contributed by atoms with Crippen LogP contribution < -0.4 is 5.32 Å². The highest BCUT2D eigenvalue weighted by atomic mass is 16.4. The molecule has 0 spiro atoms. The predicted molar refractivity (Wildman–Crippen MR) is 73.0 cm³/mol. The van der Waals surface area contributed by atoms with Gasteiger partial charge in [-0.25, -0.2) is 9.97 Å². The van der Waals surface area contributed by atoms with Gasteiger partial charge in [0.15, 0.2) is 5.82 Å². The number of aliphatic carboxylic acids is 1. The van der Waals surface area contributed by atoms with Crippen molar-refractivity contribution in [2.75, 3.05) is 5.32 Å². The molecule has 2 aromatic rings. The van der Waals surface area contributed by atoms with Crippen LogP contribution in [0.4, 0.5) is 5.82 Å². The maximum atomic E-state index is 10.9. The fourth-order valence-electron chi connectivity index (χ4n) is 1.98. The average molecular weight is 262 g/mol. The van der Waals surface area contributed by atoms with E-state index in [-0.39, 0.29) is 18.4 Å². The number of aryl methyl sites for hydroxylation is 1. The second-order valence-corrected chi connectivity index (χ2v) is 4.98. The van der Waals surface area contributed by atoms with Crippen molar-refractivity contribution in [1.82, 2.24) is 14.5 Å². The van der Waals surface area contributed by atoms with Crippen LogP contribution in [0, 0.1) is 5.92 Å². The van der Waals surface area contributed by atoms with Crippen LogP contribution in [-0.2, 0) is 11.8 Å². The van der Waals surface area contributed by atoms with Crippen LogP contribution in [-0.4, -0.2) is 31.7 Å². The lowest BCUT2D eigenvalue weighted by molar-refractivity contribution is -0.137. The largest absolute Gasteiger partial charge is 0.481 e. The first kappa shape index (κ1) is 13.3. The molecule has 6 heteroatoms. The van der Waals surface area contributed by atoms with E-state index in [4.69, 9.17) is 5.11 Å². The van der Waals surface area contributed by atoms with E-state index >= 15 is 0 Å². The number of carbonyl (C=O) groups is 1. The number of imidazole rings is 1. The number of aromatic nitrogens is 3. The summed E-state index contributed by atoms with van der Waals surface area (Å²) in [4.78, 5) is 19.5. The van der Waals surface area contributed by atoms with Crippen molar-refractivity contribution in [2.45, 2.75) is 26.3 Å². The molecule has 0 fully saturated rings. The SMILES string of the molecule is CC(C)C(CC(=O)O)Nc1nccc2c1ncn2C. The summed E-state index contributed by atoms with van der Waals surface area (Å²) in [6, 6.07) is 1.72. The van der Waals surface area contributed by atoms with Gasteiger partial charge in [-0.3, -0.25) is 4.79 Å². The summed E-state index contributed by atoms with van der Waals surface area (Å²) < 4.78 is 1.91. The van der Waals surface area contributed by atoms with Gasteiger partial charge in [0.05, 0.1) is 18.3 Å². The Hall–Kier alpha value is -2.11. The van der Waals surface area contributed by atoms with Gasteiger partial charge in [-0.05, 0) is 12.0 Å². The summed E-state index contributed by atoms with van der Waals surface area (Å²) in [5.41, 5.74) is 1.73. The molecule has 0 aliphatic heterocycles. The van der Waals surface area contributed by atoms with E-state index in [9.17, 15) is 4.79 Å². The van der Waals surface area contributed by atoms with E-state index in [2.05, 4.69) is 15.3 Å². The molecule has 0 saturated heterocycles. The quantitative estimate of drug-likeness (QED) is 0.860. The average Bonchev–Trinajstić information content (AvgIpc) is 2.71. The standard InChI is InChI=1S/C13H18N4O2/c1-8(2)9(6-11(18)19)16-13-12-10(4-5-14-13)17(3)7-15-12/h4-5,7-9H,6H2,1-3H3,(H,14,16)(H,18,19). The Morgan fingerprint density at radius 2 is 2.21 bits per heavy atom. The summed E-state index contributed by atoms with van der Waals surface area (Å²) in [6.07, 6.45) is 3.48. The lowest BCUT2D eigenvalue weighted by atomic mass is 10.0. The fourth-order valence-corrected chi connectivity index (χ4v) is 1.98. The minimum absolute atomic E-state index is 0.0581. The number of nitrogens with zero attached hydrogens (tertiary/aromatic N) is 3. The molecule has 0 aromatic carbocycles. The fraction of sp³-hybridized carbons (Fsp3) is 0.462. The summed E-state index contributed by atoms with van der Waals surface area (Å²) in [6.45, 7) is 3.97. The lowest BCUT2D eigenvalue weighted by Crippen LogP contribution is -2.29. The van der Waals surface area contributed by atoms with Gasteiger partial charge in [0, 0.05) is 19.3 Å². The summed E-state index contributed by atoms with van der Waals surface area (Å²) >= 11 is 0. The molecule has 2 rings (SSSR count). The Balaban J connectivity index is 2.31. The first-order chi connectivity index (χ1) is 8.99. The second kappa shape index (κ2) is 5.26. The maximum Gasteiger partial charge on any atom is 0.305 e. The summed E-state index contributed by atoms with van der Waals surface area (Å²) in [7, 11) is 1.91. The van der Waals surface area contributed by atoms with Gasteiger partial charge in [-0.15, -0.1) is 0 Å². The van der Waals surface area contributed by atoms with Crippen molar-refractivity contribution in [3.63, 3.8) is 0 Å². The summed E-state index contributed by atoms with van der Waals surface area (Å²) in [5.74, 6) is 0.00862. The maximum absolute atomic E-state index is 10.9. The molecule has 0 saturated carbocycles. The third-order valence-corrected chi connectivity index (χ3v) is 3.16. The monoisotopic (exact) mass is 262 g/mol. The number of anilines is 1. The summed E-state index contributed by atoms with van der Waals surface area (Å²) in [5, 5.41) is 12.1. The third kappa shape index (κ3) is 2.83. The van der Waals surface area contributed by atoms with Gasteiger partial charge in [-0.1, -0.05) is 13.8 Å². The number of rotatable bonds is 5. The van der Waals surface area contributed by atoms with Gasteiger partial charge in [0.2, 0.25) is 0 Å². The van der Waals surface area contributed by atoms with Crippen molar-refractivity contribution < 1.29 is 9.90 Å². The Kier molecular flexibility index (Phi) is 3.69. The third-order valence-electron chi connectivity index (χ3n) is 3.16. The van der Waals surface area contributed by atoms with Crippen LogP contribution in [0.15, 0.2) is 18.6 Å². The van der Waals surface area contributed by atoms with Gasteiger partial charge < -0.3 is 15.0 Å². The molecule has 1 atom stereocenters. The molecular formula is C13H18N4O2. The van der Waals surface area contributed by atoms with Crippen molar-refractivity contribution in [1.29, 1.82) is 0 Å². The van der Waals surface area contributed by atoms with Crippen LogP contribution in [0.5, 0.6) is 0 Å². The van der Waals surface area contributed by atoms with Gasteiger partial charge in [-0.2, -0.15) is 0 Å². The van der Waals surface area contributed by atoms with Crippen molar-refractivity contribution in [3.05, 3.63) is 18.6 Å². The number of carboxylic acids is 1. The van der Waals surface area contributed by atoms with Crippen LogP contribution in [0.2, 0.25) is 0 Å². The minimum atomic E-state index is -0.820. The van der Waals surface area contributed by atoms with E-state index in [1.165, 1.54) is 0 Å². The molecule has 1 unspecified atom stereocenters. The molecule has 0 radical (unpaired) electrons. The first-order valence-corrected chi connectivity index (χ1v) is 6.23. The van der Waals surface area contributed by atoms with E-state index in [1.54, 1.807) is 12.5 Å². The predicted octanol–water partition coefficient (Wildman–Crippen LogP) is 1.88. The minimum Gasteiger partial charge on any atom is -0.481 e. The molecule has 0 aliphatic carbocycles. The van der Waals surface area contributed by atoms with E-state index in [1.807, 2.05) is 31.5 Å². The number of hydrogen-bond donors (Lipinski definition) is 2. The topological polar surface area (TPSA) is 80.0 Å². The Labute approximate surface area is 111 Å². The normalized spacial score (nSPS) is 12.8. The number of nitrogens with one attached hydrogen (secondary N) is 1. The van der Waals surface area contributed by atoms with Crippen LogP contribution in [0.25, 0.3) is 11.0 Å². The zero-order valence-electron chi connectivity index (χ0n) is 11.3. The van der Waals surface area contributed by atoms with Crippen LogP contribution in [0.1, 0.15) is 20.3 Å². The Bertz CT molecular complexity index is 591. The van der Waals surface area contributed by atoms with E-state index in [0.717, 1.165) is 11.0 Å². The van der Waals surface area contributed by atoms with Crippen molar-refractivity contribution >= 4 is 22.8 Å². The van der Waals surface area contributed by atoms with Gasteiger partial charge in [0.1, 0.15) is 5.52 Å². The van der Waals surface area contributed by atoms with Gasteiger partial charge in [0.25, 0.3) is 0 Å². The number of pyridine rings is 1. The number of fused-ring (bicyclic) bond motifs is 1. The zero-order chi connectivity index (χ0) is 14.0. The highest BCUT2D eigenvalue weighted by Gasteiger charge is 2.19. The molecule has 0 amide bonds. The zero-order valence-corrected chi connectivity index (χ0v) is 11.3. The van der Waals surface area contributed by atoms with E-state index in [0.29, 0.717) is 5.82 Å². The molecular weight excluding hydrogens is 244 g/mol. The number of carboxylic acid groups (broad SMARTS) is 1. The van der Waals surface area contributed by atoms with E-state index < -0.39 is 5.97 Å².